The number of aliphatic carboxylic acids is 3. The average molecular weight is 1060 g/mol. The summed E-state index contributed by atoms with van der Waals surface area (Å²) in [5.41, 5.74) is 11.6. The first-order chi connectivity index (χ1) is 34.3. The average Bonchev–Trinajstić information content (AvgIpc) is 3.26. The fraction of sp³-hybridized carbons (Fsp3) is 0.776. The Labute approximate surface area is 434 Å². The number of carbonyl (C=O) groups excluding carboxylic acids is 8. The van der Waals surface area contributed by atoms with Crippen molar-refractivity contribution in [3.05, 3.63) is 0 Å². The summed E-state index contributed by atoms with van der Waals surface area (Å²) in [7, 11) is 0. The van der Waals surface area contributed by atoms with Crippen LogP contribution >= 0.6 is 0 Å². The Kier molecular flexibility index (Phi) is 31.7. The van der Waals surface area contributed by atoms with E-state index in [0.29, 0.717) is 19.3 Å². The highest BCUT2D eigenvalue weighted by Gasteiger charge is 2.37. The third-order valence-electron chi connectivity index (χ3n) is 11.3. The maximum atomic E-state index is 14.0. The molecule has 16 N–H and O–H groups in total. The minimum atomic E-state index is -1.88. The molecule has 10 atom stereocenters. The van der Waals surface area contributed by atoms with E-state index in [4.69, 9.17) is 11.5 Å². The lowest BCUT2D eigenvalue weighted by atomic mass is 9.98. The van der Waals surface area contributed by atoms with E-state index >= 15 is 0 Å². The van der Waals surface area contributed by atoms with E-state index in [2.05, 4.69) is 42.5 Å². The van der Waals surface area contributed by atoms with Crippen LogP contribution in [0.15, 0.2) is 0 Å². The Morgan fingerprint density at radius 1 is 0.392 bits per heavy atom. The smallest absolute Gasteiger partial charge is 0.326 e. The molecular formula is C49H88N10O15. The molecule has 0 aromatic carbocycles. The molecule has 0 aromatic rings. The lowest BCUT2D eigenvalue weighted by molar-refractivity contribution is -0.143. The van der Waals surface area contributed by atoms with Gasteiger partial charge in [0.05, 0.1) is 18.6 Å². The van der Waals surface area contributed by atoms with Gasteiger partial charge in [-0.1, -0.05) is 69.2 Å². The molecule has 0 saturated heterocycles. The third kappa shape index (κ3) is 27.9. The Bertz CT molecular complexity index is 1880. The van der Waals surface area contributed by atoms with Gasteiger partial charge in [0.15, 0.2) is 0 Å². The fourth-order valence-electron chi connectivity index (χ4n) is 7.66. The first-order valence-electron chi connectivity index (χ1n) is 25.5. The van der Waals surface area contributed by atoms with Crippen LogP contribution in [0.3, 0.4) is 0 Å². The maximum Gasteiger partial charge on any atom is 0.326 e. The van der Waals surface area contributed by atoms with Gasteiger partial charge in [-0.25, -0.2) is 4.79 Å². The highest BCUT2D eigenvalue weighted by atomic mass is 16.4. The first kappa shape index (κ1) is 68.0. The van der Waals surface area contributed by atoms with Crippen LogP contribution in [0.4, 0.5) is 0 Å². The molecule has 25 heteroatoms. The lowest BCUT2D eigenvalue weighted by Gasteiger charge is -2.29. The van der Waals surface area contributed by atoms with Crippen LogP contribution in [0.25, 0.3) is 0 Å². The highest BCUT2D eigenvalue weighted by Crippen LogP contribution is 2.14. The topological polar surface area (TPSA) is 417 Å². The molecule has 0 rings (SSSR count). The van der Waals surface area contributed by atoms with Crippen LogP contribution < -0.4 is 54.0 Å². The van der Waals surface area contributed by atoms with Crippen molar-refractivity contribution in [3.63, 3.8) is 0 Å². The van der Waals surface area contributed by atoms with Crippen LogP contribution in [0.2, 0.25) is 0 Å². The van der Waals surface area contributed by atoms with Crippen molar-refractivity contribution < 1.29 is 73.2 Å². The standard InChI is InChI=1S/C49H88N10O15/c1-24(2)18-30(51)41(65)54-33(19-25(3)4)44(68)56-36(22-28(9)10)47(71)59-40(29(11)60)48(72)58-35(21-27(7)8)45(69)57-37(23-39(63)64)46(70)55-34(20-26(5)6)43(67)52-31(15-16-38(61)62)42(66)53-32(49(73)74)14-12-13-17-50/h24-37,40,60H,12-23,50-51H2,1-11H3,(H,52,67)(H,53,66)(H,54,65)(H,55,70)(H,56,68)(H,57,69)(H,58,72)(H,59,71)(H,61,62)(H,63,64)(H,73,74)/t29-,30+,31+,32+,33+,34+,35+,36+,37+,40+/m1/s1. The third-order valence-corrected chi connectivity index (χ3v) is 11.3. The molecule has 74 heavy (non-hydrogen) atoms. The fourth-order valence-corrected chi connectivity index (χ4v) is 7.66. The summed E-state index contributed by atoms with van der Waals surface area (Å²) in [5, 5.41) is 59.4. The molecule has 0 heterocycles. The van der Waals surface area contributed by atoms with E-state index in [1.807, 2.05) is 27.7 Å². The van der Waals surface area contributed by atoms with Crippen LogP contribution in [-0.4, -0.2) is 153 Å². The minimum absolute atomic E-state index is 0.0154. The van der Waals surface area contributed by atoms with Crippen LogP contribution in [0.5, 0.6) is 0 Å². The molecule has 0 aliphatic rings. The normalized spacial score (nSPS) is 15.6. The van der Waals surface area contributed by atoms with E-state index in [0.717, 1.165) is 0 Å². The zero-order valence-electron chi connectivity index (χ0n) is 45.1. The van der Waals surface area contributed by atoms with Gasteiger partial charge in [-0.3, -0.25) is 47.9 Å². The van der Waals surface area contributed by atoms with Crippen LogP contribution in [0.1, 0.15) is 147 Å². The number of hydrogen-bond acceptors (Lipinski definition) is 14. The molecule has 0 aromatic heterocycles. The molecule has 0 unspecified atom stereocenters. The molecule has 8 amide bonds. The predicted octanol–water partition coefficient (Wildman–Crippen LogP) is -0.644. The van der Waals surface area contributed by atoms with Gasteiger partial charge in [0.25, 0.3) is 0 Å². The number of carboxylic acids is 3. The summed E-state index contributed by atoms with van der Waals surface area (Å²) in [4.78, 5) is 145. The summed E-state index contributed by atoms with van der Waals surface area (Å²) in [5.74, 6) is -12.5. The second-order valence-electron chi connectivity index (χ2n) is 21.1. The van der Waals surface area contributed by atoms with Gasteiger partial charge in [-0.2, -0.15) is 0 Å². The van der Waals surface area contributed by atoms with E-state index in [-0.39, 0.29) is 68.2 Å². The number of carbonyl (C=O) groups is 11. The monoisotopic (exact) mass is 1060 g/mol. The van der Waals surface area contributed by atoms with Gasteiger partial charge in [-0.05, 0) is 101 Å². The number of unbranched alkanes of at least 4 members (excludes halogenated alkanes) is 1. The molecular weight excluding hydrogens is 969 g/mol. The number of nitrogens with one attached hydrogen (secondary N) is 8. The second-order valence-corrected chi connectivity index (χ2v) is 21.1. The number of aliphatic hydroxyl groups excluding tert-OH is 1. The second kappa shape index (κ2) is 34.5. The van der Waals surface area contributed by atoms with Gasteiger partial charge >= 0.3 is 17.9 Å². The number of amides is 8. The molecule has 0 bridgehead atoms. The zero-order valence-corrected chi connectivity index (χ0v) is 45.1. The summed E-state index contributed by atoms with van der Waals surface area (Å²) in [6, 6.07) is -12.8. The SMILES string of the molecule is CC(C)C[C@H](NC(=O)[C@H](CC(=O)O)NC(=O)[C@H](CC(C)C)NC(=O)[C@@H](NC(=O)[C@H](CC(C)C)NC(=O)[C@H](CC(C)C)NC(=O)[C@@H](N)CC(C)C)[C@@H](C)O)C(=O)N[C@@H](CCC(=O)O)C(=O)N[C@@H](CCCCN)C(=O)O. The minimum Gasteiger partial charge on any atom is -0.481 e. The summed E-state index contributed by atoms with van der Waals surface area (Å²) in [6.07, 6.45) is -2.53. The van der Waals surface area contributed by atoms with E-state index in [1.54, 1.807) is 41.5 Å². The van der Waals surface area contributed by atoms with Crippen molar-refractivity contribution in [1.29, 1.82) is 0 Å². The molecule has 0 spiro atoms. The quantitative estimate of drug-likeness (QED) is 0.0344. The largest absolute Gasteiger partial charge is 0.481 e. The van der Waals surface area contributed by atoms with E-state index in [9.17, 15) is 73.2 Å². The molecule has 0 fully saturated rings. The summed E-state index contributed by atoms with van der Waals surface area (Å²) >= 11 is 0. The lowest BCUT2D eigenvalue weighted by Crippen LogP contribution is -2.62. The van der Waals surface area contributed by atoms with Crippen molar-refractivity contribution in [2.45, 2.75) is 207 Å². The van der Waals surface area contributed by atoms with Gasteiger partial charge in [0.2, 0.25) is 47.3 Å². The summed E-state index contributed by atoms with van der Waals surface area (Å²) in [6.45, 7) is 19.2. The predicted molar refractivity (Wildman–Crippen MR) is 272 cm³/mol. The Morgan fingerprint density at radius 3 is 1.09 bits per heavy atom. The van der Waals surface area contributed by atoms with E-state index in [1.165, 1.54) is 6.92 Å². The Morgan fingerprint density at radius 2 is 0.730 bits per heavy atom. The summed E-state index contributed by atoms with van der Waals surface area (Å²) < 4.78 is 0. The number of aliphatic hydroxyl groups is 1. The molecule has 25 nitrogen and oxygen atoms in total. The van der Waals surface area contributed by atoms with Gasteiger partial charge < -0.3 is 74.4 Å². The van der Waals surface area contributed by atoms with Crippen LogP contribution in [-0.2, 0) is 52.7 Å². The maximum absolute atomic E-state index is 14.0. The first-order valence-corrected chi connectivity index (χ1v) is 25.5. The molecule has 0 aliphatic heterocycles. The Balaban J connectivity index is 6.64. The highest BCUT2D eigenvalue weighted by molar-refractivity contribution is 5.99. The van der Waals surface area contributed by atoms with Crippen molar-refractivity contribution in [3.8, 4) is 0 Å². The number of carboxylic acid groups (broad SMARTS) is 3. The Hall–Kier alpha value is -5.95. The molecule has 0 radical (unpaired) electrons. The van der Waals surface area contributed by atoms with Gasteiger partial charge in [0.1, 0.15) is 48.3 Å². The van der Waals surface area contributed by atoms with Gasteiger partial charge in [0, 0.05) is 6.42 Å². The number of nitrogens with two attached hydrogens (primary N) is 2. The van der Waals surface area contributed by atoms with Crippen molar-refractivity contribution in [2.24, 2.45) is 41.1 Å². The number of rotatable bonds is 37. The van der Waals surface area contributed by atoms with Crippen molar-refractivity contribution in [1.82, 2.24) is 42.5 Å². The molecule has 0 aliphatic carbocycles. The zero-order chi connectivity index (χ0) is 57.2. The van der Waals surface area contributed by atoms with Crippen molar-refractivity contribution in [2.75, 3.05) is 6.54 Å². The van der Waals surface area contributed by atoms with Crippen molar-refractivity contribution >= 4 is 65.2 Å². The van der Waals surface area contributed by atoms with Gasteiger partial charge in [-0.15, -0.1) is 0 Å². The molecule has 0 saturated carbocycles. The molecule has 424 valence electrons. The van der Waals surface area contributed by atoms with E-state index < -0.39 is 145 Å². The number of hydrogen-bond donors (Lipinski definition) is 14. The van der Waals surface area contributed by atoms with Crippen LogP contribution in [0, 0.1) is 29.6 Å².